The average molecular weight is 465 g/mol. The molecule has 6 nitrogen and oxygen atoms in total. The van der Waals surface area contributed by atoms with Crippen molar-refractivity contribution in [3.63, 3.8) is 0 Å². The largest absolute Gasteiger partial charge is 0.325 e. The third kappa shape index (κ3) is 4.70. The van der Waals surface area contributed by atoms with Crippen molar-refractivity contribution in [2.24, 2.45) is 9.50 Å². The summed E-state index contributed by atoms with van der Waals surface area (Å²) >= 11 is 12.4. The Morgan fingerprint density at radius 3 is 2.33 bits per heavy atom. The Morgan fingerprint density at radius 1 is 1.00 bits per heavy atom. The van der Waals surface area contributed by atoms with Gasteiger partial charge in [-0.2, -0.15) is 17.8 Å². The maximum Gasteiger partial charge on any atom is 0.325 e. The molecule has 0 amide bonds. The second kappa shape index (κ2) is 9.06. The van der Waals surface area contributed by atoms with Crippen LogP contribution in [0, 0.1) is 0 Å². The molecule has 0 saturated carbocycles. The fraction of sp³-hybridized carbons (Fsp3) is 0.333. The minimum atomic E-state index is -3.83. The number of halogens is 2. The van der Waals surface area contributed by atoms with Crippen LogP contribution in [0.15, 0.2) is 64.1 Å². The van der Waals surface area contributed by atoms with E-state index >= 15 is 0 Å². The van der Waals surface area contributed by atoms with Gasteiger partial charge in [0.1, 0.15) is 0 Å². The van der Waals surface area contributed by atoms with E-state index in [0.29, 0.717) is 24.7 Å². The minimum absolute atomic E-state index is 0.0750. The molecule has 0 N–H and O–H groups in total. The van der Waals surface area contributed by atoms with Gasteiger partial charge in [-0.1, -0.05) is 60.5 Å². The van der Waals surface area contributed by atoms with Gasteiger partial charge in [-0.3, -0.25) is 0 Å². The van der Waals surface area contributed by atoms with Crippen LogP contribution in [-0.4, -0.2) is 48.4 Å². The van der Waals surface area contributed by atoms with E-state index in [1.807, 2.05) is 42.5 Å². The first-order valence-electron chi connectivity index (χ1n) is 9.86. The molecule has 2 aromatic rings. The van der Waals surface area contributed by atoms with E-state index < -0.39 is 10.2 Å². The van der Waals surface area contributed by atoms with Crippen LogP contribution >= 0.6 is 23.2 Å². The average Bonchev–Trinajstić information content (AvgIpc) is 3.21. The maximum absolute atomic E-state index is 12.7. The maximum atomic E-state index is 12.7. The van der Waals surface area contributed by atoms with Crippen LogP contribution in [0.3, 0.4) is 0 Å². The van der Waals surface area contributed by atoms with Crippen LogP contribution in [0.1, 0.15) is 36.3 Å². The second-order valence-electron chi connectivity index (χ2n) is 7.34. The van der Waals surface area contributed by atoms with Gasteiger partial charge in [0.25, 0.3) is 0 Å². The van der Waals surface area contributed by atoms with Crippen LogP contribution in [0.5, 0.6) is 0 Å². The lowest BCUT2D eigenvalue weighted by molar-refractivity contribution is 0.347. The highest BCUT2D eigenvalue weighted by Gasteiger charge is 2.32. The number of nitrogens with zero attached hydrogens (tertiary/aromatic N) is 4. The molecule has 1 unspecified atom stereocenters. The van der Waals surface area contributed by atoms with E-state index in [4.69, 9.17) is 23.2 Å². The van der Waals surface area contributed by atoms with Gasteiger partial charge in [-0.05, 0) is 47.7 Å². The summed E-state index contributed by atoms with van der Waals surface area (Å²) in [5.41, 5.74) is 2.76. The third-order valence-electron chi connectivity index (χ3n) is 5.30. The molecule has 1 fully saturated rings. The van der Waals surface area contributed by atoms with Gasteiger partial charge in [0.15, 0.2) is 0 Å². The van der Waals surface area contributed by atoms with Crippen molar-refractivity contribution in [1.29, 1.82) is 0 Å². The lowest BCUT2D eigenvalue weighted by Gasteiger charge is -2.24. The Kier molecular flexibility index (Phi) is 6.43. The van der Waals surface area contributed by atoms with E-state index in [9.17, 15) is 8.42 Å². The van der Waals surface area contributed by atoms with Crippen LogP contribution in [-0.2, 0) is 10.2 Å². The van der Waals surface area contributed by atoms with E-state index in [-0.39, 0.29) is 11.2 Å². The number of hydrogen-bond donors (Lipinski definition) is 0. The lowest BCUT2D eigenvalue weighted by Crippen LogP contribution is -2.35. The van der Waals surface area contributed by atoms with Gasteiger partial charge in [0.2, 0.25) is 5.29 Å². The number of hydrogen-bond acceptors (Lipinski definition) is 3. The van der Waals surface area contributed by atoms with Gasteiger partial charge >= 0.3 is 10.2 Å². The van der Waals surface area contributed by atoms with Crippen molar-refractivity contribution >= 4 is 44.4 Å². The van der Waals surface area contributed by atoms with E-state index in [1.165, 1.54) is 9.31 Å². The molecule has 1 atom stereocenters. The standard InChI is InChI=1S/C21H22Cl2N4O2S/c22-18-11-9-17(10-12-18)20-19(16-7-3-1-4-8-16)15-27(24-20)21(23)25-30(28,29)26-13-5-2-6-14-26/h1,3-4,7-12,19H,2,5-6,13-15H2/b25-21-. The highest BCUT2D eigenvalue weighted by molar-refractivity contribution is 7.88. The van der Waals surface area contributed by atoms with Crippen molar-refractivity contribution in [1.82, 2.24) is 9.31 Å². The Bertz CT molecular complexity index is 1050. The number of hydrazone groups is 1. The first kappa shape index (κ1) is 21.3. The molecule has 4 rings (SSSR count). The van der Waals surface area contributed by atoms with Gasteiger partial charge in [-0.15, -0.1) is 4.40 Å². The Labute approximate surface area is 187 Å². The number of piperidine rings is 1. The highest BCUT2D eigenvalue weighted by Crippen LogP contribution is 2.30. The molecular formula is C21H22Cl2N4O2S. The van der Waals surface area contributed by atoms with E-state index in [2.05, 4.69) is 9.50 Å². The summed E-state index contributed by atoms with van der Waals surface area (Å²) < 4.78 is 30.6. The minimum Gasteiger partial charge on any atom is -0.236 e. The molecule has 9 heteroatoms. The molecule has 2 aliphatic heterocycles. The first-order chi connectivity index (χ1) is 14.4. The molecule has 0 aliphatic carbocycles. The van der Waals surface area contributed by atoms with Crippen molar-refractivity contribution in [3.05, 3.63) is 70.7 Å². The Morgan fingerprint density at radius 2 is 1.67 bits per heavy atom. The first-order valence-corrected chi connectivity index (χ1v) is 12.0. The molecule has 0 aromatic heterocycles. The monoisotopic (exact) mass is 464 g/mol. The number of benzene rings is 2. The molecule has 2 aromatic carbocycles. The summed E-state index contributed by atoms with van der Waals surface area (Å²) in [6, 6.07) is 17.3. The fourth-order valence-electron chi connectivity index (χ4n) is 3.74. The molecule has 1 saturated heterocycles. The molecular weight excluding hydrogens is 443 g/mol. The molecule has 0 bridgehead atoms. The van der Waals surface area contributed by atoms with Crippen molar-refractivity contribution in [2.75, 3.05) is 19.6 Å². The molecule has 2 aliphatic rings. The summed E-state index contributed by atoms with van der Waals surface area (Å²) in [6.07, 6.45) is 2.71. The normalized spacial score (nSPS) is 21.0. The Balaban J connectivity index is 1.65. The zero-order chi connectivity index (χ0) is 21.1. The third-order valence-corrected chi connectivity index (χ3v) is 7.35. The quantitative estimate of drug-likeness (QED) is 0.380. The zero-order valence-corrected chi connectivity index (χ0v) is 18.6. The van der Waals surface area contributed by atoms with Gasteiger partial charge in [0, 0.05) is 24.0 Å². The topological polar surface area (TPSA) is 65.3 Å². The summed E-state index contributed by atoms with van der Waals surface area (Å²) in [4.78, 5) is 0. The summed E-state index contributed by atoms with van der Waals surface area (Å²) in [5, 5.41) is 6.59. The van der Waals surface area contributed by atoms with Crippen molar-refractivity contribution < 1.29 is 8.42 Å². The molecule has 158 valence electrons. The van der Waals surface area contributed by atoms with Crippen molar-refractivity contribution in [3.8, 4) is 0 Å². The van der Waals surface area contributed by atoms with Crippen LogP contribution < -0.4 is 0 Å². The van der Waals surface area contributed by atoms with Crippen LogP contribution in [0.25, 0.3) is 0 Å². The molecule has 2 heterocycles. The SMILES string of the molecule is O=S(=O)(/N=C(/Cl)N1CC(c2ccccc2)C(c2ccc(Cl)cc2)=N1)N1CCCCC1. The smallest absolute Gasteiger partial charge is 0.236 e. The summed E-state index contributed by atoms with van der Waals surface area (Å²) in [7, 11) is -3.83. The summed E-state index contributed by atoms with van der Waals surface area (Å²) in [5.74, 6) is -0.0750. The summed E-state index contributed by atoms with van der Waals surface area (Å²) in [6.45, 7) is 1.35. The molecule has 30 heavy (non-hydrogen) atoms. The number of rotatable bonds is 4. The molecule has 0 spiro atoms. The predicted octanol–water partition coefficient (Wildman–Crippen LogP) is 4.47. The second-order valence-corrected chi connectivity index (χ2v) is 9.70. The van der Waals surface area contributed by atoms with Gasteiger partial charge in [0.05, 0.1) is 12.3 Å². The predicted molar refractivity (Wildman–Crippen MR) is 122 cm³/mol. The zero-order valence-electron chi connectivity index (χ0n) is 16.3. The lowest BCUT2D eigenvalue weighted by atomic mass is 9.91. The fourth-order valence-corrected chi connectivity index (χ4v) is 5.35. The van der Waals surface area contributed by atoms with E-state index in [0.717, 1.165) is 36.1 Å². The van der Waals surface area contributed by atoms with E-state index in [1.54, 1.807) is 12.1 Å². The van der Waals surface area contributed by atoms with Crippen LogP contribution in [0.2, 0.25) is 5.02 Å². The number of amidine groups is 1. The van der Waals surface area contributed by atoms with Crippen molar-refractivity contribution in [2.45, 2.75) is 25.2 Å². The highest BCUT2D eigenvalue weighted by atomic mass is 35.5. The van der Waals surface area contributed by atoms with Gasteiger partial charge in [-0.25, -0.2) is 5.01 Å². The van der Waals surface area contributed by atoms with Gasteiger partial charge < -0.3 is 0 Å². The Hall–Kier alpha value is -1.93. The molecule has 0 radical (unpaired) electrons. The van der Waals surface area contributed by atoms with Crippen LogP contribution in [0.4, 0.5) is 0 Å².